The van der Waals surface area contributed by atoms with Crippen LogP contribution in [-0.4, -0.2) is 26.5 Å². The molecule has 21 heavy (non-hydrogen) atoms. The van der Waals surface area contributed by atoms with Crippen LogP contribution in [0.5, 0.6) is 0 Å². The maximum absolute atomic E-state index is 4.27. The van der Waals surface area contributed by atoms with Crippen molar-refractivity contribution in [1.82, 2.24) is 19.9 Å². The molecule has 0 amide bonds. The number of anilines is 3. The minimum atomic E-state index is 0.675. The van der Waals surface area contributed by atoms with Gasteiger partial charge in [0.1, 0.15) is 23.8 Å². The Labute approximate surface area is 124 Å². The number of rotatable bonds is 5. The van der Waals surface area contributed by atoms with E-state index in [2.05, 4.69) is 30.6 Å². The van der Waals surface area contributed by atoms with Crippen molar-refractivity contribution in [3.05, 3.63) is 31.0 Å². The number of hydrogen-bond donors (Lipinski definition) is 2. The van der Waals surface area contributed by atoms with Gasteiger partial charge < -0.3 is 10.6 Å². The monoisotopic (exact) mass is 284 g/mol. The molecule has 0 bridgehead atoms. The normalized spacial score (nSPS) is 15.6. The first-order valence-electron chi connectivity index (χ1n) is 7.49. The molecule has 0 unspecified atom stereocenters. The van der Waals surface area contributed by atoms with Crippen molar-refractivity contribution in [1.29, 1.82) is 0 Å². The van der Waals surface area contributed by atoms with E-state index < -0.39 is 0 Å². The van der Waals surface area contributed by atoms with Gasteiger partial charge in [-0.25, -0.2) is 15.0 Å². The second-order valence-electron chi connectivity index (χ2n) is 5.39. The molecule has 6 heteroatoms. The van der Waals surface area contributed by atoms with Crippen LogP contribution in [0.4, 0.5) is 17.5 Å². The lowest BCUT2D eigenvalue weighted by molar-refractivity contribution is 0.373. The highest BCUT2D eigenvalue weighted by Crippen LogP contribution is 2.24. The van der Waals surface area contributed by atoms with E-state index in [0.29, 0.717) is 5.82 Å². The molecule has 1 aliphatic carbocycles. The van der Waals surface area contributed by atoms with E-state index >= 15 is 0 Å². The second kappa shape index (κ2) is 6.97. The van der Waals surface area contributed by atoms with E-state index in [0.717, 1.165) is 24.1 Å². The van der Waals surface area contributed by atoms with Gasteiger partial charge in [0, 0.05) is 25.0 Å². The van der Waals surface area contributed by atoms with Crippen LogP contribution in [0.3, 0.4) is 0 Å². The predicted molar refractivity (Wildman–Crippen MR) is 82.4 cm³/mol. The first kappa shape index (κ1) is 13.7. The Balaban J connectivity index is 1.57. The van der Waals surface area contributed by atoms with E-state index in [1.54, 1.807) is 24.9 Å². The summed E-state index contributed by atoms with van der Waals surface area (Å²) in [6, 6.07) is 1.90. The van der Waals surface area contributed by atoms with Crippen LogP contribution < -0.4 is 10.6 Å². The summed E-state index contributed by atoms with van der Waals surface area (Å²) >= 11 is 0. The van der Waals surface area contributed by atoms with Gasteiger partial charge in [-0.2, -0.15) is 0 Å². The zero-order chi connectivity index (χ0) is 14.3. The molecule has 2 N–H and O–H groups in total. The van der Waals surface area contributed by atoms with E-state index in [1.165, 1.54) is 32.1 Å². The molecule has 0 spiro atoms. The van der Waals surface area contributed by atoms with Gasteiger partial charge in [-0.05, 0) is 18.8 Å². The molecule has 2 aromatic rings. The first-order chi connectivity index (χ1) is 10.4. The van der Waals surface area contributed by atoms with Gasteiger partial charge in [-0.3, -0.25) is 4.98 Å². The Kier molecular flexibility index (Phi) is 4.55. The summed E-state index contributed by atoms with van der Waals surface area (Å²) in [5.74, 6) is 3.01. The van der Waals surface area contributed by atoms with Crippen LogP contribution in [0.1, 0.15) is 32.1 Å². The maximum Gasteiger partial charge on any atom is 0.150 e. The van der Waals surface area contributed by atoms with Crippen LogP contribution >= 0.6 is 0 Å². The Bertz CT molecular complexity index is 553. The molecule has 0 atom stereocenters. The van der Waals surface area contributed by atoms with Gasteiger partial charge in [-0.1, -0.05) is 19.3 Å². The Morgan fingerprint density at radius 3 is 2.62 bits per heavy atom. The molecule has 0 radical (unpaired) electrons. The van der Waals surface area contributed by atoms with Crippen LogP contribution in [-0.2, 0) is 0 Å². The van der Waals surface area contributed by atoms with Crippen molar-refractivity contribution in [2.75, 3.05) is 17.2 Å². The summed E-state index contributed by atoms with van der Waals surface area (Å²) < 4.78 is 0. The number of hydrogen-bond acceptors (Lipinski definition) is 6. The van der Waals surface area contributed by atoms with Gasteiger partial charge >= 0.3 is 0 Å². The summed E-state index contributed by atoms with van der Waals surface area (Å²) in [6.45, 7) is 0.988. The van der Waals surface area contributed by atoms with Crippen LogP contribution in [0.25, 0.3) is 0 Å². The fourth-order valence-corrected chi connectivity index (χ4v) is 2.66. The number of nitrogens with one attached hydrogen (secondary N) is 2. The van der Waals surface area contributed by atoms with Crippen LogP contribution in [0.2, 0.25) is 0 Å². The second-order valence-corrected chi connectivity index (χ2v) is 5.39. The zero-order valence-electron chi connectivity index (χ0n) is 12.0. The predicted octanol–water partition coefficient (Wildman–Crippen LogP) is 3.00. The van der Waals surface area contributed by atoms with Crippen LogP contribution in [0, 0.1) is 5.92 Å². The molecule has 3 rings (SSSR count). The molecule has 2 heterocycles. The van der Waals surface area contributed by atoms with Gasteiger partial charge in [0.05, 0.1) is 6.20 Å². The molecule has 110 valence electrons. The van der Waals surface area contributed by atoms with E-state index in [4.69, 9.17) is 0 Å². The minimum Gasteiger partial charge on any atom is -0.370 e. The minimum absolute atomic E-state index is 0.675. The molecule has 0 aromatic carbocycles. The van der Waals surface area contributed by atoms with Crippen molar-refractivity contribution in [3.63, 3.8) is 0 Å². The molecule has 1 saturated carbocycles. The summed E-state index contributed by atoms with van der Waals surface area (Å²) in [5.41, 5.74) is 0. The zero-order valence-corrected chi connectivity index (χ0v) is 12.0. The molecule has 0 aliphatic heterocycles. The van der Waals surface area contributed by atoms with Gasteiger partial charge in [0.15, 0.2) is 0 Å². The van der Waals surface area contributed by atoms with Gasteiger partial charge in [-0.15, -0.1) is 0 Å². The van der Waals surface area contributed by atoms with Gasteiger partial charge in [0.25, 0.3) is 0 Å². The lowest BCUT2D eigenvalue weighted by Crippen LogP contribution is -2.17. The molecule has 1 aliphatic rings. The van der Waals surface area contributed by atoms with E-state index in [-0.39, 0.29) is 0 Å². The standard InChI is InChI=1S/C15H20N6/c1-2-4-12(5-3-1)9-18-13-8-14(20-11-19-13)21-15-10-16-6-7-17-15/h6-8,10-12H,1-5,9H2,(H2,17,18,19,20,21). The van der Waals surface area contributed by atoms with Gasteiger partial charge in [0.2, 0.25) is 0 Å². The molecule has 6 nitrogen and oxygen atoms in total. The van der Waals surface area contributed by atoms with Crippen molar-refractivity contribution < 1.29 is 0 Å². The average molecular weight is 284 g/mol. The lowest BCUT2D eigenvalue weighted by Gasteiger charge is -2.22. The van der Waals surface area contributed by atoms with Crippen LogP contribution in [0.15, 0.2) is 31.0 Å². The van der Waals surface area contributed by atoms with Crippen molar-refractivity contribution in [3.8, 4) is 0 Å². The third-order valence-corrected chi connectivity index (χ3v) is 3.78. The molecule has 0 saturated heterocycles. The highest BCUT2D eigenvalue weighted by Gasteiger charge is 2.13. The molecule has 1 fully saturated rings. The summed E-state index contributed by atoms with van der Waals surface area (Å²) in [5, 5.41) is 6.53. The Morgan fingerprint density at radius 1 is 0.952 bits per heavy atom. The molecular formula is C15H20N6. The fraction of sp³-hybridized carbons (Fsp3) is 0.467. The van der Waals surface area contributed by atoms with Crippen molar-refractivity contribution in [2.45, 2.75) is 32.1 Å². The van der Waals surface area contributed by atoms with Crippen molar-refractivity contribution in [2.24, 2.45) is 5.92 Å². The molecular weight excluding hydrogens is 264 g/mol. The first-order valence-corrected chi connectivity index (χ1v) is 7.49. The van der Waals surface area contributed by atoms with Crippen molar-refractivity contribution >= 4 is 17.5 Å². The molecule has 2 aromatic heterocycles. The fourth-order valence-electron chi connectivity index (χ4n) is 2.66. The summed E-state index contributed by atoms with van der Waals surface area (Å²) in [4.78, 5) is 16.7. The van der Waals surface area contributed by atoms with E-state index in [1.807, 2.05) is 6.07 Å². The SMILES string of the molecule is c1cnc(Nc2cc(NCC3CCCCC3)ncn2)cn1. The Hall–Kier alpha value is -2.24. The average Bonchev–Trinajstić information content (AvgIpc) is 2.55. The number of nitrogens with zero attached hydrogens (tertiary/aromatic N) is 4. The third-order valence-electron chi connectivity index (χ3n) is 3.78. The summed E-state index contributed by atoms with van der Waals surface area (Å²) in [7, 11) is 0. The quantitative estimate of drug-likeness (QED) is 0.879. The highest BCUT2D eigenvalue weighted by molar-refractivity contribution is 5.54. The maximum atomic E-state index is 4.27. The lowest BCUT2D eigenvalue weighted by atomic mass is 9.89. The topological polar surface area (TPSA) is 75.6 Å². The van der Waals surface area contributed by atoms with E-state index in [9.17, 15) is 0 Å². The Morgan fingerprint density at radius 2 is 1.81 bits per heavy atom. The smallest absolute Gasteiger partial charge is 0.150 e. The number of aromatic nitrogens is 4. The highest BCUT2D eigenvalue weighted by atomic mass is 15.1. The largest absolute Gasteiger partial charge is 0.370 e. The third kappa shape index (κ3) is 4.11. The summed E-state index contributed by atoms with van der Waals surface area (Å²) in [6.07, 6.45) is 13.3.